The number of hydrogen-bond acceptors (Lipinski definition) is 4. The van der Waals surface area contributed by atoms with Crippen LogP contribution in [-0.4, -0.2) is 33.5 Å². The van der Waals surface area contributed by atoms with E-state index in [2.05, 4.69) is 25.7 Å². The Labute approximate surface area is 118 Å². The summed E-state index contributed by atoms with van der Waals surface area (Å²) in [7, 11) is 0. The monoisotopic (exact) mass is 275 g/mol. The first-order chi connectivity index (χ1) is 9.84. The quantitative estimate of drug-likeness (QED) is 0.776. The second-order valence-electron chi connectivity index (χ2n) is 5.38. The molecule has 2 atom stereocenters. The maximum Gasteiger partial charge on any atom is 0.0895 e. The summed E-state index contributed by atoms with van der Waals surface area (Å²) < 4.78 is 5.93. The first-order valence-corrected chi connectivity index (χ1v) is 7.14. The van der Waals surface area contributed by atoms with Crippen LogP contribution in [0.15, 0.2) is 18.6 Å². The van der Waals surface area contributed by atoms with Gasteiger partial charge in [-0.3, -0.25) is 10.2 Å². The van der Waals surface area contributed by atoms with Gasteiger partial charge in [0.05, 0.1) is 18.5 Å². The topological polar surface area (TPSA) is 78.6 Å². The van der Waals surface area contributed by atoms with Crippen LogP contribution >= 0.6 is 0 Å². The Kier molecular flexibility index (Phi) is 4.13. The van der Waals surface area contributed by atoms with Crippen molar-refractivity contribution in [3.05, 3.63) is 35.4 Å². The van der Waals surface area contributed by atoms with Gasteiger partial charge in [-0.25, -0.2) is 0 Å². The molecule has 2 aromatic rings. The zero-order valence-corrected chi connectivity index (χ0v) is 11.7. The van der Waals surface area contributed by atoms with Crippen LogP contribution in [0.25, 0.3) is 0 Å². The molecule has 1 aliphatic heterocycles. The van der Waals surface area contributed by atoms with Crippen molar-refractivity contribution in [3.8, 4) is 0 Å². The predicted molar refractivity (Wildman–Crippen MR) is 75.0 cm³/mol. The molecule has 0 radical (unpaired) electrons. The van der Waals surface area contributed by atoms with Gasteiger partial charge in [0.2, 0.25) is 0 Å². The molecule has 0 amide bonds. The molecule has 3 N–H and O–H groups in total. The fourth-order valence-electron chi connectivity index (χ4n) is 2.78. The summed E-state index contributed by atoms with van der Waals surface area (Å²) in [5.41, 5.74) is 3.50. The Morgan fingerprint density at radius 3 is 3.10 bits per heavy atom. The van der Waals surface area contributed by atoms with Gasteiger partial charge in [0.15, 0.2) is 0 Å². The van der Waals surface area contributed by atoms with Crippen LogP contribution in [0, 0.1) is 12.8 Å². The van der Waals surface area contributed by atoms with Crippen molar-refractivity contribution in [2.24, 2.45) is 5.92 Å². The molecule has 0 spiro atoms. The van der Waals surface area contributed by atoms with Crippen molar-refractivity contribution >= 4 is 0 Å². The largest absolute Gasteiger partial charge is 0.373 e. The number of nitrogens with zero attached hydrogens (tertiary/aromatic N) is 2. The van der Waals surface area contributed by atoms with Crippen LogP contribution in [0.2, 0.25) is 0 Å². The van der Waals surface area contributed by atoms with E-state index in [0.29, 0.717) is 5.92 Å². The fraction of sp³-hybridized carbons (Fsp3) is 0.571. The van der Waals surface area contributed by atoms with Crippen LogP contribution in [0.3, 0.4) is 0 Å². The van der Waals surface area contributed by atoms with E-state index in [1.54, 1.807) is 0 Å². The Balaban J connectivity index is 1.56. The Morgan fingerprint density at radius 1 is 1.40 bits per heavy atom. The van der Waals surface area contributed by atoms with Gasteiger partial charge < -0.3 is 10.1 Å². The summed E-state index contributed by atoms with van der Waals surface area (Å²) in [5.74, 6) is 0.494. The van der Waals surface area contributed by atoms with E-state index in [0.717, 1.165) is 37.4 Å². The summed E-state index contributed by atoms with van der Waals surface area (Å²) in [6.07, 6.45) is 8.15. The van der Waals surface area contributed by atoms with E-state index < -0.39 is 0 Å². The zero-order chi connectivity index (χ0) is 13.8. The Hall–Kier alpha value is -1.66. The fourth-order valence-corrected chi connectivity index (χ4v) is 2.78. The minimum atomic E-state index is 0.153. The lowest BCUT2D eigenvalue weighted by Gasteiger charge is -2.31. The Morgan fingerprint density at radius 2 is 2.35 bits per heavy atom. The van der Waals surface area contributed by atoms with Gasteiger partial charge in [0, 0.05) is 48.6 Å². The summed E-state index contributed by atoms with van der Waals surface area (Å²) in [6.45, 7) is 4.67. The molecule has 0 saturated carbocycles. The molecule has 20 heavy (non-hydrogen) atoms. The second kappa shape index (κ2) is 6.19. The van der Waals surface area contributed by atoms with Gasteiger partial charge in [0.1, 0.15) is 0 Å². The number of aromatic nitrogens is 4. The molecule has 3 rings (SSSR count). The van der Waals surface area contributed by atoms with Gasteiger partial charge in [-0.1, -0.05) is 0 Å². The predicted octanol–water partition coefficient (Wildman–Crippen LogP) is 1.70. The summed E-state index contributed by atoms with van der Waals surface area (Å²) in [5, 5.41) is 17.4. The number of H-pyrrole nitrogens is 2. The maximum atomic E-state index is 5.93. The molecule has 0 bridgehead atoms. The molecule has 1 aliphatic rings. The number of aryl methyl sites for hydroxylation is 1. The number of nitrogens with one attached hydrogen (secondary N) is 3. The van der Waals surface area contributed by atoms with Crippen molar-refractivity contribution in [1.82, 2.24) is 25.7 Å². The molecule has 1 saturated heterocycles. The first kappa shape index (κ1) is 13.3. The molecule has 6 heteroatoms. The second-order valence-corrected chi connectivity index (χ2v) is 5.38. The van der Waals surface area contributed by atoms with Gasteiger partial charge in [-0.05, 0) is 19.8 Å². The maximum absolute atomic E-state index is 5.93. The van der Waals surface area contributed by atoms with Crippen molar-refractivity contribution in [3.63, 3.8) is 0 Å². The van der Waals surface area contributed by atoms with Gasteiger partial charge in [0.25, 0.3) is 0 Å². The molecular weight excluding hydrogens is 254 g/mol. The van der Waals surface area contributed by atoms with E-state index in [1.807, 2.05) is 25.5 Å². The third kappa shape index (κ3) is 2.91. The molecule has 3 heterocycles. The van der Waals surface area contributed by atoms with Crippen LogP contribution in [0.1, 0.15) is 35.8 Å². The smallest absolute Gasteiger partial charge is 0.0895 e. The summed E-state index contributed by atoms with van der Waals surface area (Å²) in [4.78, 5) is 0. The number of rotatable bonds is 5. The zero-order valence-electron chi connectivity index (χ0n) is 11.7. The number of hydrogen-bond donors (Lipinski definition) is 3. The average Bonchev–Trinajstić information content (AvgIpc) is 3.12. The summed E-state index contributed by atoms with van der Waals surface area (Å²) in [6, 6.07) is 0. The highest BCUT2D eigenvalue weighted by molar-refractivity contribution is 5.14. The van der Waals surface area contributed by atoms with E-state index in [1.165, 1.54) is 12.0 Å². The molecule has 0 unspecified atom stereocenters. The van der Waals surface area contributed by atoms with Crippen LogP contribution in [0.5, 0.6) is 0 Å². The van der Waals surface area contributed by atoms with E-state index in [4.69, 9.17) is 4.74 Å². The van der Waals surface area contributed by atoms with Crippen LogP contribution in [-0.2, 0) is 11.3 Å². The lowest BCUT2D eigenvalue weighted by Crippen LogP contribution is -2.31. The van der Waals surface area contributed by atoms with Gasteiger partial charge in [-0.2, -0.15) is 10.2 Å². The molecule has 108 valence electrons. The Bertz CT molecular complexity index is 521. The highest BCUT2D eigenvalue weighted by atomic mass is 16.5. The number of ether oxygens (including phenoxy) is 1. The van der Waals surface area contributed by atoms with Gasteiger partial charge >= 0.3 is 0 Å². The molecule has 0 aromatic carbocycles. The van der Waals surface area contributed by atoms with Crippen molar-refractivity contribution in [2.75, 3.05) is 13.2 Å². The first-order valence-electron chi connectivity index (χ1n) is 7.14. The van der Waals surface area contributed by atoms with E-state index in [-0.39, 0.29) is 6.10 Å². The molecular formula is C14H21N5O. The average molecular weight is 275 g/mol. The third-order valence-corrected chi connectivity index (χ3v) is 3.95. The number of aromatic amines is 2. The third-order valence-electron chi connectivity index (χ3n) is 3.95. The molecule has 0 aliphatic carbocycles. The minimum absolute atomic E-state index is 0.153. The van der Waals surface area contributed by atoms with Crippen molar-refractivity contribution in [1.29, 1.82) is 0 Å². The van der Waals surface area contributed by atoms with E-state index in [9.17, 15) is 0 Å². The highest BCUT2D eigenvalue weighted by Crippen LogP contribution is 2.32. The summed E-state index contributed by atoms with van der Waals surface area (Å²) >= 11 is 0. The lowest BCUT2D eigenvalue weighted by molar-refractivity contribution is -0.0278. The van der Waals surface area contributed by atoms with E-state index >= 15 is 0 Å². The molecule has 1 fully saturated rings. The normalized spacial score (nSPS) is 23.1. The minimum Gasteiger partial charge on any atom is -0.373 e. The van der Waals surface area contributed by atoms with Crippen molar-refractivity contribution in [2.45, 2.75) is 32.4 Å². The highest BCUT2D eigenvalue weighted by Gasteiger charge is 2.27. The molecule has 2 aromatic heterocycles. The standard InChI is InChI=1S/C14H21N5O/c1-10-12(7-18-19-10)6-15-5-11-3-2-4-20-14(11)13-8-16-17-9-13/h7-9,11,14-15H,2-6H2,1H3,(H,16,17)(H,18,19)/t11-,14+/m0/s1. The lowest BCUT2D eigenvalue weighted by atomic mass is 9.91. The van der Waals surface area contributed by atoms with Crippen LogP contribution < -0.4 is 5.32 Å². The SMILES string of the molecule is Cc1[nH]ncc1CNC[C@@H]1CCCO[C@H]1c1cn[nH]c1. The van der Waals surface area contributed by atoms with Crippen molar-refractivity contribution < 1.29 is 4.74 Å². The van der Waals surface area contributed by atoms with Gasteiger partial charge in [-0.15, -0.1) is 0 Å². The van der Waals surface area contributed by atoms with Crippen LogP contribution in [0.4, 0.5) is 0 Å². The molecule has 6 nitrogen and oxygen atoms in total.